The largest absolute Gasteiger partial charge is 0.478 e. The summed E-state index contributed by atoms with van der Waals surface area (Å²) in [5.74, 6) is -1.96. The topological polar surface area (TPSA) is 98.7 Å². The van der Waals surface area contributed by atoms with Crippen molar-refractivity contribution >= 4 is 17.9 Å². The Labute approximate surface area is 110 Å². The standard InChI is InChI=1S/C12H17N3O4/c16-10(3-4-11(17)18)14-12(19)13-8-5-7-15-6-1-2-9(8)15/h3-4,8-9H,1-2,5-7H2,(H,17,18)(H2,13,14,16,19)/b4-3+. The van der Waals surface area contributed by atoms with E-state index in [0.29, 0.717) is 12.1 Å². The van der Waals surface area contributed by atoms with Gasteiger partial charge in [-0.1, -0.05) is 0 Å². The van der Waals surface area contributed by atoms with Gasteiger partial charge in [-0.2, -0.15) is 0 Å². The summed E-state index contributed by atoms with van der Waals surface area (Å²) in [7, 11) is 0. The number of imide groups is 1. The number of nitrogens with zero attached hydrogens (tertiary/aromatic N) is 1. The number of aliphatic carboxylic acids is 1. The molecule has 0 spiro atoms. The number of fused-ring (bicyclic) bond motifs is 1. The van der Waals surface area contributed by atoms with Crippen LogP contribution in [0.5, 0.6) is 0 Å². The third-order valence-electron chi connectivity index (χ3n) is 3.54. The van der Waals surface area contributed by atoms with Crippen LogP contribution in [0.2, 0.25) is 0 Å². The summed E-state index contributed by atoms with van der Waals surface area (Å²) in [6, 6.07) is -0.132. The lowest BCUT2D eigenvalue weighted by Gasteiger charge is -2.20. The Hall–Kier alpha value is -1.89. The number of carbonyl (C=O) groups is 3. The zero-order valence-corrected chi connectivity index (χ0v) is 10.5. The zero-order valence-electron chi connectivity index (χ0n) is 10.5. The highest BCUT2D eigenvalue weighted by Crippen LogP contribution is 2.27. The van der Waals surface area contributed by atoms with Crippen molar-refractivity contribution in [3.63, 3.8) is 0 Å². The van der Waals surface area contributed by atoms with Gasteiger partial charge in [0.15, 0.2) is 0 Å². The summed E-state index contributed by atoms with van der Waals surface area (Å²) >= 11 is 0. The molecule has 0 aliphatic carbocycles. The first-order valence-corrected chi connectivity index (χ1v) is 6.33. The van der Waals surface area contributed by atoms with E-state index in [-0.39, 0.29) is 6.04 Å². The van der Waals surface area contributed by atoms with Gasteiger partial charge in [0.25, 0.3) is 5.91 Å². The van der Waals surface area contributed by atoms with Crippen LogP contribution >= 0.6 is 0 Å². The Balaban J connectivity index is 1.78. The minimum Gasteiger partial charge on any atom is -0.478 e. The quantitative estimate of drug-likeness (QED) is 0.609. The number of urea groups is 1. The van der Waals surface area contributed by atoms with E-state index >= 15 is 0 Å². The fraction of sp³-hybridized carbons (Fsp3) is 0.583. The molecule has 3 amide bonds. The molecule has 2 saturated heterocycles. The van der Waals surface area contributed by atoms with Crippen molar-refractivity contribution in [2.24, 2.45) is 0 Å². The Morgan fingerprint density at radius 1 is 1.16 bits per heavy atom. The number of amides is 3. The molecule has 3 N–H and O–H groups in total. The van der Waals surface area contributed by atoms with E-state index in [2.05, 4.69) is 15.5 Å². The summed E-state index contributed by atoms with van der Waals surface area (Å²) in [5, 5.41) is 13.2. The molecule has 0 aromatic carbocycles. The van der Waals surface area contributed by atoms with Crippen molar-refractivity contribution in [1.29, 1.82) is 0 Å². The lowest BCUT2D eigenvalue weighted by molar-refractivity contribution is -0.131. The minimum absolute atomic E-state index is 0.0683. The number of carboxylic acid groups (broad SMARTS) is 1. The van der Waals surface area contributed by atoms with Crippen LogP contribution in [-0.2, 0) is 9.59 Å². The third kappa shape index (κ3) is 3.54. The van der Waals surface area contributed by atoms with Crippen molar-refractivity contribution in [3.05, 3.63) is 12.2 Å². The van der Waals surface area contributed by atoms with Gasteiger partial charge in [-0.3, -0.25) is 15.0 Å². The Morgan fingerprint density at radius 3 is 2.68 bits per heavy atom. The summed E-state index contributed by atoms with van der Waals surface area (Å²) in [5.41, 5.74) is 0. The fourth-order valence-electron chi connectivity index (χ4n) is 2.76. The predicted octanol–water partition coefficient (Wildman–Crippen LogP) is -0.310. The zero-order chi connectivity index (χ0) is 13.8. The monoisotopic (exact) mass is 267 g/mol. The van der Waals surface area contributed by atoms with E-state index in [1.165, 1.54) is 0 Å². The number of hydrogen-bond acceptors (Lipinski definition) is 4. The third-order valence-corrected chi connectivity index (χ3v) is 3.54. The van der Waals surface area contributed by atoms with E-state index in [1.54, 1.807) is 0 Å². The second-order valence-corrected chi connectivity index (χ2v) is 4.77. The average Bonchev–Trinajstić information content (AvgIpc) is 2.91. The second-order valence-electron chi connectivity index (χ2n) is 4.77. The molecule has 7 nitrogen and oxygen atoms in total. The lowest BCUT2D eigenvalue weighted by Crippen LogP contribution is -2.48. The SMILES string of the molecule is O=C(O)/C=C/C(=O)NC(=O)NC1CCN2CCCC12. The molecule has 0 saturated carbocycles. The number of nitrogens with one attached hydrogen (secondary N) is 2. The minimum atomic E-state index is -1.23. The van der Waals surface area contributed by atoms with E-state index in [9.17, 15) is 14.4 Å². The van der Waals surface area contributed by atoms with Gasteiger partial charge in [0.1, 0.15) is 0 Å². The van der Waals surface area contributed by atoms with Gasteiger partial charge in [-0.05, 0) is 25.8 Å². The van der Waals surface area contributed by atoms with Crippen LogP contribution in [0.4, 0.5) is 4.79 Å². The fourth-order valence-corrected chi connectivity index (χ4v) is 2.76. The smallest absolute Gasteiger partial charge is 0.328 e. The molecule has 2 aliphatic heterocycles. The number of rotatable bonds is 3. The molecule has 7 heteroatoms. The molecule has 2 aliphatic rings. The van der Waals surface area contributed by atoms with Gasteiger partial charge in [-0.25, -0.2) is 9.59 Å². The molecule has 0 aromatic rings. The maximum Gasteiger partial charge on any atom is 0.328 e. The summed E-state index contributed by atoms with van der Waals surface area (Å²) in [6.07, 6.45) is 4.61. The van der Waals surface area contributed by atoms with Gasteiger partial charge in [0.05, 0.1) is 0 Å². The van der Waals surface area contributed by atoms with Crippen LogP contribution in [0.3, 0.4) is 0 Å². The van der Waals surface area contributed by atoms with Gasteiger partial charge < -0.3 is 10.4 Å². The van der Waals surface area contributed by atoms with E-state index < -0.39 is 17.9 Å². The average molecular weight is 267 g/mol. The van der Waals surface area contributed by atoms with Crippen molar-refractivity contribution < 1.29 is 19.5 Å². The molecule has 2 rings (SSSR count). The molecule has 2 atom stereocenters. The highest BCUT2D eigenvalue weighted by molar-refractivity contribution is 6.02. The number of carboxylic acids is 1. The highest BCUT2D eigenvalue weighted by Gasteiger charge is 2.37. The lowest BCUT2D eigenvalue weighted by atomic mass is 10.1. The van der Waals surface area contributed by atoms with E-state index in [4.69, 9.17) is 5.11 Å². The van der Waals surface area contributed by atoms with Gasteiger partial charge in [0, 0.05) is 30.8 Å². The normalized spacial score (nSPS) is 26.3. The summed E-state index contributed by atoms with van der Waals surface area (Å²) in [6.45, 7) is 2.05. The molecule has 2 fully saturated rings. The highest BCUT2D eigenvalue weighted by atomic mass is 16.4. The molecule has 0 radical (unpaired) electrons. The molecular formula is C12H17N3O4. The Bertz CT molecular complexity index is 421. The predicted molar refractivity (Wildman–Crippen MR) is 66.5 cm³/mol. The Morgan fingerprint density at radius 2 is 1.95 bits per heavy atom. The van der Waals surface area contributed by atoms with E-state index in [1.807, 2.05) is 0 Å². The van der Waals surface area contributed by atoms with Crippen molar-refractivity contribution in [2.75, 3.05) is 13.1 Å². The van der Waals surface area contributed by atoms with Crippen LogP contribution < -0.4 is 10.6 Å². The van der Waals surface area contributed by atoms with Gasteiger partial charge in [-0.15, -0.1) is 0 Å². The number of carbonyl (C=O) groups excluding carboxylic acids is 2. The van der Waals surface area contributed by atoms with Crippen molar-refractivity contribution in [2.45, 2.75) is 31.3 Å². The van der Waals surface area contributed by atoms with Gasteiger partial charge in [0.2, 0.25) is 0 Å². The van der Waals surface area contributed by atoms with Crippen molar-refractivity contribution in [1.82, 2.24) is 15.5 Å². The molecular weight excluding hydrogens is 250 g/mol. The second kappa shape index (κ2) is 5.83. The van der Waals surface area contributed by atoms with Crippen LogP contribution in [-0.4, -0.2) is 53.1 Å². The molecule has 19 heavy (non-hydrogen) atoms. The maximum atomic E-state index is 11.6. The van der Waals surface area contributed by atoms with Crippen LogP contribution in [0.25, 0.3) is 0 Å². The first-order chi connectivity index (χ1) is 9.06. The summed E-state index contributed by atoms with van der Waals surface area (Å²) < 4.78 is 0. The van der Waals surface area contributed by atoms with E-state index in [0.717, 1.165) is 38.4 Å². The maximum absolute atomic E-state index is 11.6. The van der Waals surface area contributed by atoms with Crippen molar-refractivity contribution in [3.8, 4) is 0 Å². The molecule has 104 valence electrons. The Kier molecular flexibility index (Phi) is 4.16. The molecule has 2 heterocycles. The van der Waals surface area contributed by atoms with Gasteiger partial charge >= 0.3 is 12.0 Å². The van der Waals surface area contributed by atoms with Crippen LogP contribution in [0.15, 0.2) is 12.2 Å². The molecule has 0 bridgehead atoms. The van der Waals surface area contributed by atoms with Crippen LogP contribution in [0, 0.1) is 0 Å². The molecule has 2 unspecified atom stereocenters. The number of hydrogen-bond donors (Lipinski definition) is 3. The molecule has 0 aromatic heterocycles. The van der Waals surface area contributed by atoms with Crippen LogP contribution in [0.1, 0.15) is 19.3 Å². The summed E-state index contributed by atoms with van der Waals surface area (Å²) in [4.78, 5) is 35.4. The first kappa shape index (κ1) is 13.5. The first-order valence-electron chi connectivity index (χ1n) is 6.33.